The topological polar surface area (TPSA) is 54.4 Å². The molecule has 0 aromatic heterocycles. The molecule has 0 aliphatic rings. The Labute approximate surface area is 92.7 Å². The van der Waals surface area contributed by atoms with Gasteiger partial charge in [-0.05, 0) is 11.6 Å². The zero-order valence-corrected chi connectivity index (χ0v) is 8.83. The van der Waals surface area contributed by atoms with Gasteiger partial charge in [0.05, 0.1) is 6.42 Å². The molecule has 1 rings (SSSR count). The van der Waals surface area contributed by atoms with Gasteiger partial charge in [-0.15, -0.1) is 0 Å². The van der Waals surface area contributed by atoms with Crippen molar-refractivity contribution >= 4 is 23.4 Å². The minimum absolute atomic E-state index is 0.0561. The maximum atomic E-state index is 11.3. The monoisotopic (exact) mass is 226 g/mol. The van der Waals surface area contributed by atoms with E-state index >= 15 is 0 Å². The first-order valence-electron chi connectivity index (χ1n) is 4.56. The van der Waals surface area contributed by atoms with Crippen LogP contribution in [-0.4, -0.2) is 16.9 Å². The molecule has 0 unspecified atom stereocenters. The van der Waals surface area contributed by atoms with Gasteiger partial charge in [-0.3, -0.25) is 9.59 Å². The van der Waals surface area contributed by atoms with Gasteiger partial charge in [-0.1, -0.05) is 29.8 Å². The molecule has 0 bridgehead atoms. The smallest absolute Gasteiger partial charge is 0.303 e. The molecule has 0 spiro atoms. The van der Waals surface area contributed by atoms with Crippen LogP contribution in [-0.2, 0) is 16.0 Å². The van der Waals surface area contributed by atoms with Crippen LogP contribution in [0.3, 0.4) is 0 Å². The number of benzene rings is 1. The summed E-state index contributed by atoms with van der Waals surface area (Å²) < 4.78 is 0. The number of halogens is 1. The van der Waals surface area contributed by atoms with Crippen LogP contribution in [0.1, 0.15) is 18.4 Å². The molecule has 0 amide bonds. The van der Waals surface area contributed by atoms with E-state index in [9.17, 15) is 9.59 Å². The predicted molar refractivity (Wildman–Crippen MR) is 57.0 cm³/mol. The van der Waals surface area contributed by atoms with Crippen molar-refractivity contribution in [2.75, 3.05) is 0 Å². The van der Waals surface area contributed by atoms with Crippen molar-refractivity contribution in [3.63, 3.8) is 0 Å². The largest absolute Gasteiger partial charge is 0.481 e. The zero-order valence-electron chi connectivity index (χ0n) is 8.07. The average Bonchev–Trinajstić information content (AvgIpc) is 2.18. The second-order valence-corrected chi connectivity index (χ2v) is 3.61. The fraction of sp³-hybridized carbons (Fsp3) is 0.273. The zero-order chi connectivity index (χ0) is 11.3. The van der Waals surface area contributed by atoms with Crippen molar-refractivity contribution < 1.29 is 14.7 Å². The summed E-state index contributed by atoms with van der Waals surface area (Å²) in [6.07, 6.45) is 0.136. The van der Waals surface area contributed by atoms with E-state index in [1.165, 1.54) is 0 Å². The maximum absolute atomic E-state index is 11.3. The van der Waals surface area contributed by atoms with E-state index in [1.807, 2.05) is 0 Å². The number of carboxylic acids is 1. The van der Waals surface area contributed by atoms with Crippen molar-refractivity contribution in [2.24, 2.45) is 0 Å². The lowest BCUT2D eigenvalue weighted by Crippen LogP contribution is -2.06. The first-order chi connectivity index (χ1) is 7.09. The number of carbonyl (C=O) groups is 2. The highest BCUT2D eigenvalue weighted by Gasteiger charge is 2.08. The fourth-order valence-electron chi connectivity index (χ4n) is 1.19. The fourth-order valence-corrected chi connectivity index (χ4v) is 1.39. The Morgan fingerprint density at radius 3 is 2.47 bits per heavy atom. The summed E-state index contributed by atoms with van der Waals surface area (Å²) in [5, 5.41) is 8.95. The standard InChI is InChI=1S/C11H11ClO3/c12-10-4-2-1-3-8(10)7-9(13)5-6-11(14)15/h1-4H,5-7H2,(H,14,15). The summed E-state index contributed by atoms with van der Waals surface area (Å²) >= 11 is 5.86. The van der Waals surface area contributed by atoms with E-state index in [-0.39, 0.29) is 25.0 Å². The van der Waals surface area contributed by atoms with Crippen molar-refractivity contribution in [1.29, 1.82) is 0 Å². The molecular formula is C11H11ClO3. The summed E-state index contributed by atoms with van der Waals surface area (Å²) in [4.78, 5) is 21.6. The van der Waals surface area contributed by atoms with Gasteiger partial charge >= 0.3 is 5.97 Å². The summed E-state index contributed by atoms with van der Waals surface area (Å²) in [5.41, 5.74) is 0.745. The summed E-state index contributed by atoms with van der Waals surface area (Å²) in [5.74, 6) is -1.06. The quantitative estimate of drug-likeness (QED) is 0.838. The molecular weight excluding hydrogens is 216 g/mol. The molecule has 0 atom stereocenters. The molecule has 1 N–H and O–H groups in total. The molecule has 4 heteroatoms. The molecule has 15 heavy (non-hydrogen) atoms. The van der Waals surface area contributed by atoms with E-state index in [0.717, 1.165) is 5.56 Å². The second-order valence-electron chi connectivity index (χ2n) is 3.20. The molecule has 0 aliphatic heterocycles. The van der Waals surface area contributed by atoms with Gasteiger partial charge in [0.2, 0.25) is 0 Å². The summed E-state index contributed by atoms with van der Waals surface area (Å²) in [6.45, 7) is 0. The van der Waals surface area contributed by atoms with E-state index in [2.05, 4.69) is 0 Å². The Morgan fingerprint density at radius 2 is 1.87 bits per heavy atom. The molecule has 3 nitrogen and oxygen atoms in total. The van der Waals surface area contributed by atoms with Crippen LogP contribution >= 0.6 is 11.6 Å². The van der Waals surface area contributed by atoms with E-state index < -0.39 is 5.97 Å². The van der Waals surface area contributed by atoms with Crippen molar-refractivity contribution in [3.8, 4) is 0 Å². The molecule has 1 aromatic carbocycles. The SMILES string of the molecule is O=C(O)CCC(=O)Cc1ccccc1Cl. The van der Waals surface area contributed by atoms with Crippen LogP contribution in [0.2, 0.25) is 5.02 Å². The predicted octanol–water partition coefficient (Wildman–Crippen LogP) is 2.32. The Morgan fingerprint density at radius 1 is 1.20 bits per heavy atom. The highest BCUT2D eigenvalue weighted by Crippen LogP contribution is 2.16. The van der Waals surface area contributed by atoms with Crippen LogP contribution in [0, 0.1) is 0 Å². The number of hydrogen-bond donors (Lipinski definition) is 1. The van der Waals surface area contributed by atoms with E-state index in [1.54, 1.807) is 24.3 Å². The third kappa shape index (κ3) is 4.13. The molecule has 80 valence electrons. The second kappa shape index (κ2) is 5.51. The normalized spacial score (nSPS) is 9.93. The van der Waals surface area contributed by atoms with E-state index in [0.29, 0.717) is 5.02 Å². The highest BCUT2D eigenvalue weighted by atomic mass is 35.5. The third-order valence-corrected chi connectivity index (χ3v) is 2.33. The number of Topliss-reactive ketones (excluding diaryl/α,β-unsaturated/α-hetero) is 1. The molecule has 0 heterocycles. The molecule has 0 fully saturated rings. The Hall–Kier alpha value is -1.35. The van der Waals surface area contributed by atoms with Gasteiger partial charge in [0.15, 0.2) is 0 Å². The van der Waals surface area contributed by atoms with Gasteiger partial charge < -0.3 is 5.11 Å². The van der Waals surface area contributed by atoms with Crippen LogP contribution < -0.4 is 0 Å². The van der Waals surface area contributed by atoms with Crippen LogP contribution in [0.5, 0.6) is 0 Å². The summed E-state index contributed by atoms with van der Waals surface area (Å²) in [6, 6.07) is 7.06. The molecule has 0 radical (unpaired) electrons. The van der Waals surface area contributed by atoms with Crippen LogP contribution in [0.4, 0.5) is 0 Å². The van der Waals surface area contributed by atoms with Crippen molar-refractivity contribution in [3.05, 3.63) is 34.9 Å². The number of ketones is 1. The van der Waals surface area contributed by atoms with Gasteiger partial charge in [0, 0.05) is 17.9 Å². The number of hydrogen-bond acceptors (Lipinski definition) is 2. The third-order valence-electron chi connectivity index (χ3n) is 1.96. The Balaban J connectivity index is 2.52. The maximum Gasteiger partial charge on any atom is 0.303 e. The molecule has 1 aromatic rings. The van der Waals surface area contributed by atoms with Gasteiger partial charge in [-0.25, -0.2) is 0 Å². The molecule has 0 aliphatic carbocycles. The lowest BCUT2D eigenvalue weighted by molar-refractivity contribution is -0.138. The molecule has 0 saturated carbocycles. The number of carboxylic acid groups (broad SMARTS) is 1. The van der Waals surface area contributed by atoms with Gasteiger partial charge in [0.25, 0.3) is 0 Å². The number of rotatable bonds is 5. The molecule has 0 saturated heterocycles. The van der Waals surface area contributed by atoms with Crippen molar-refractivity contribution in [2.45, 2.75) is 19.3 Å². The number of aliphatic carboxylic acids is 1. The first kappa shape index (κ1) is 11.7. The van der Waals surface area contributed by atoms with Crippen LogP contribution in [0.25, 0.3) is 0 Å². The van der Waals surface area contributed by atoms with Crippen LogP contribution in [0.15, 0.2) is 24.3 Å². The summed E-state index contributed by atoms with van der Waals surface area (Å²) in [7, 11) is 0. The first-order valence-corrected chi connectivity index (χ1v) is 4.94. The van der Waals surface area contributed by atoms with Crippen molar-refractivity contribution in [1.82, 2.24) is 0 Å². The Kier molecular flexibility index (Phi) is 4.31. The highest BCUT2D eigenvalue weighted by molar-refractivity contribution is 6.31. The lowest BCUT2D eigenvalue weighted by atomic mass is 10.1. The average molecular weight is 227 g/mol. The minimum atomic E-state index is -0.956. The van der Waals surface area contributed by atoms with E-state index in [4.69, 9.17) is 16.7 Å². The minimum Gasteiger partial charge on any atom is -0.481 e. The van der Waals surface area contributed by atoms with Gasteiger partial charge in [-0.2, -0.15) is 0 Å². The van der Waals surface area contributed by atoms with Gasteiger partial charge in [0.1, 0.15) is 5.78 Å². The number of carbonyl (C=O) groups excluding carboxylic acids is 1. The lowest BCUT2D eigenvalue weighted by Gasteiger charge is -2.02. The Bertz CT molecular complexity index is 374.